The molecule has 0 radical (unpaired) electrons. The summed E-state index contributed by atoms with van der Waals surface area (Å²) < 4.78 is 5.22. The molecule has 1 aliphatic carbocycles. The van der Waals surface area contributed by atoms with E-state index in [1.807, 2.05) is 11.0 Å². The highest BCUT2D eigenvalue weighted by molar-refractivity contribution is 6.33. The Labute approximate surface area is 118 Å². The van der Waals surface area contributed by atoms with Crippen molar-refractivity contribution in [3.05, 3.63) is 28.3 Å². The number of hydrogen-bond acceptors (Lipinski definition) is 2. The number of nitrogens with zero attached hydrogens (tertiary/aromatic N) is 1. The quantitative estimate of drug-likeness (QED) is 0.827. The molecule has 1 amide bonds. The molecule has 1 aromatic rings. The monoisotopic (exact) mass is 279 g/mol. The molecule has 0 aromatic heterocycles. The van der Waals surface area contributed by atoms with Gasteiger partial charge in [0.1, 0.15) is 5.75 Å². The Morgan fingerprint density at radius 3 is 2.68 bits per heavy atom. The Morgan fingerprint density at radius 1 is 1.26 bits per heavy atom. The van der Waals surface area contributed by atoms with Crippen LogP contribution in [0.4, 0.5) is 0 Å². The molecule has 1 saturated carbocycles. The number of benzene rings is 1. The summed E-state index contributed by atoms with van der Waals surface area (Å²) in [7, 11) is 1.60. The lowest BCUT2D eigenvalue weighted by molar-refractivity contribution is 0.0660. The lowest BCUT2D eigenvalue weighted by Crippen LogP contribution is -2.36. The number of fused-ring (bicyclic) bond motifs is 1. The minimum Gasteiger partial charge on any atom is -0.495 e. The van der Waals surface area contributed by atoms with Gasteiger partial charge in [0.05, 0.1) is 12.1 Å². The average molecular weight is 280 g/mol. The molecule has 3 rings (SSSR count). The largest absolute Gasteiger partial charge is 0.495 e. The van der Waals surface area contributed by atoms with Crippen LogP contribution in [-0.4, -0.2) is 24.0 Å². The molecule has 4 heteroatoms. The van der Waals surface area contributed by atoms with Crippen molar-refractivity contribution < 1.29 is 9.53 Å². The predicted octanol–water partition coefficient (Wildman–Crippen LogP) is 3.64. The van der Waals surface area contributed by atoms with E-state index in [4.69, 9.17) is 16.3 Å². The summed E-state index contributed by atoms with van der Waals surface area (Å²) in [5, 5.41) is 0.589. The van der Waals surface area contributed by atoms with Crippen molar-refractivity contribution in [3.63, 3.8) is 0 Å². The zero-order valence-electron chi connectivity index (χ0n) is 11.1. The van der Waals surface area contributed by atoms with E-state index >= 15 is 0 Å². The molecule has 0 spiro atoms. The van der Waals surface area contributed by atoms with Crippen molar-refractivity contribution in [1.82, 2.24) is 4.90 Å². The number of hydrogen-bond donors (Lipinski definition) is 0. The van der Waals surface area contributed by atoms with Gasteiger partial charge in [-0.25, -0.2) is 0 Å². The number of ether oxygens (including phenoxy) is 1. The van der Waals surface area contributed by atoms with Crippen LogP contribution in [0.15, 0.2) is 12.1 Å². The Kier molecular flexibility index (Phi) is 3.40. The Morgan fingerprint density at radius 2 is 2.00 bits per heavy atom. The van der Waals surface area contributed by atoms with Crippen molar-refractivity contribution in [3.8, 4) is 5.75 Å². The highest BCUT2D eigenvalue weighted by Crippen LogP contribution is 2.38. The Bertz CT molecular complexity index is 509. The van der Waals surface area contributed by atoms with Gasteiger partial charge in [-0.1, -0.05) is 30.9 Å². The zero-order valence-corrected chi connectivity index (χ0v) is 11.9. The van der Waals surface area contributed by atoms with Gasteiger partial charge in [-0.3, -0.25) is 4.79 Å². The van der Waals surface area contributed by atoms with Crippen LogP contribution in [0.1, 0.15) is 48.0 Å². The van der Waals surface area contributed by atoms with E-state index in [2.05, 4.69) is 0 Å². The normalized spacial score (nSPS) is 19.7. The fraction of sp³-hybridized carbons (Fsp3) is 0.533. The number of halogens is 1. The fourth-order valence-corrected chi connectivity index (χ4v) is 3.50. The number of amides is 1. The first-order chi connectivity index (χ1) is 9.22. The average Bonchev–Trinajstić information content (AvgIpc) is 2.79. The van der Waals surface area contributed by atoms with Gasteiger partial charge in [0.15, 0.2) is 0 Å². The van der Waals surface area contributed by atoms with Gasteiger partial charge in [-0.15, -0.1) is 0 Å². The summed E-state index contributed by atoms with van der Waals surface area (Å²) in [5.41, 5.74) is 1.67. The lowest BCUT2D eigenvalue weighted by atomic mass is 9.94. The van der Waals surface area contributed by atoms with Crippen molar-refractivity contribution >= 4 is 17.5 Å². The smallest absolute Gasteiger partial charge is 0.254 e. The molecule has 1 fully saturated rings. The summed E-state index contributed by atoms with van der Waals surface area (Å²) in [5.74, 6) is 0.783. The van der Waals surface area contributed by atoms with Crippen LogP contribution in [0.3, 0.4) is 0 Å². The summed E-state index contributed by atoms with van der Waals surface area (Å²) in [4.78, 5) is 14.5. The van der Waals surface area contributed by atoms with E-state index in [0.29, 0.717) is 23.4 Å². The second-order valence-corrected chi connectivity index (χ2v) is 5.71. The predicted molar refractivity (Wildman–Crippen MR) is 74.8 cm³/mol. The molecule has 1 aliphatic heterocycles. The Hall–Kier alpha value is -1.22. The maximum atomic E-state index is 12.5. The fourth-order valence-electron chi connectivity index (χ4n) is 3.20. The molecule has 102 valence electrons. The van der Waals surface area contributed by atoms with Gasteiger partial charge in [-0.2, -0.15) is 0 Å². The maximum absolute atomic E-state index is 12.5. The zero-order chi connectivity index (χ0) is 13.4. The van der Waals surface area contributed by atoms with E-state index in [1.54, 1.807) is 13.2 Å². The molecule has 0 N–H and O–H groups in total. The number of carbonyl (C=O) groups is 1. The summed E-state index contributed by atoms with van der Waals surface area (Å²) in [6.07, 6.45) is 5.98. The molecule has 19 heavy (non-hydrogen) atoms. The minimum atomic E-state index is 0.131. The third-order valence-corrected chi connectivity index (χ3v) is 4.68. The van der Waals surface area contributed by atoms with E-state index in [1.165, 1.54) is 19.3 Å². The third kappa shape index (κ3) is 2.10. The molecular formula is C15H18ClNO2. The summed E-state index contributed by atoms with van der Waals surface area (Å²) >= 11 is 6.32. The van der Waals surface area contributed by atoms with Crippen LogP contribution in [0.25, 0.3) is 0 Å². The second-order valence-electron chi connectivity index (χ2n) is 5.33. The summed E-state index contributed by atoms with van der Waals surface area (Å²) in [6, 6.07) is 4.00. The molecule has 0 bridgehead atoms. The van der Waals surface area contributed by atoms with Crippen LogP contribution in [-0.2, 0) is 6.54 Å². The van der Waals surface area contributed by atoms with E-state index in [9.17, 15) is 4.79 Å². The lowest BCUT2D eigenvalue weighted by Gasteiger charge is -2.30. The van der Waals surface area contributed by atoms with Crippen molar-refractivity contribution in [1.29, 1.82) is 0 Å². The molecular weight excluding hydrogens is 262 g/mol. The molecule has 0 unspecified atom stereocenters. The molecule has 0 atom stereocenters. The first-order valence-electron chi connectivity index (χ1n) is 6.88. The summed E-state index contributed by atoms with van der Waals surface area (Å²) in [6.45, 7) is 0.634. The number of carbonyl (C=O) groups excluding carboxylic acids is 1. The van der Waals surface area contributed by atoms with Gasteiger partial charge in [-0.05, 0) is 25.0 Å². The maximum Gasteiger partial charge on any atom is 0.254 e. The van der Waals surface area contributed by atoms with Gasteiger partial charge < -0.3 is 9.64 Å². The molecule has 2 aliphatic rings. The van der Waals surface area contributed by atoms with Crippen LogP contribution < -0.4 is 4.74 Å². The third-order valence-electron chi connectivity index (χ3n) is 4.26. The molecule has 1 heterocycles. The molecule has 0 saturated heterocycles. The van der Waals surface area contributed by atoms with Gasteiger partial charge in [0, 0.05) is 23.7 Å². The standard InChI is InChI=1S/C15H18ClNO2/c1-19-13-8-7-11-12(14(13)16)9-17(15(11)18)10-5-3-2-4-6-10/h7-8,10H,2-6,9H2,1H3. The molecule has 3 nitrogen and oxygen atoms in total. The second kappa shape index (κ2) is 5.04. The minimum absolute atomic E-state index is 0.131. The number of methoxy groups -OCH3 is 1. The topological polar surface area (TPSA) is 29.5 Å². The van der Waals surface area contributed by atoms with Gasteiger partial charge in [0.2, 0.25) is 0 Å². The SMILES string of the molecule is COc1ccc2c(c1Cl)CN(C1CCCCC1)C2=O. The van der Waals surface area contributed by atoms with Gasteiger partial charge >= 0.3 is 0 Å². The first-order valence-corrected chi connectivity index (χ1v) is 7.26. The van der Waals surface area contributed by atoms with E-state index < -0.39 is 0 Å². The highest BCUT2D eigenvalue weighted by atomic mass is 35.5. The van der Waals surface area contributed by atoms with Crippen LogP contribution in [0.2, 0.25) is 5.02 Å². The number of rotatable bonds is 2. The first kappa shape index (κ1) is 12.8. The van der Waals surface area contributed by atoms with Crippen molar-refractivity contribution in [2.75, 3.05) is 7.11 Å². The van der Waals surface area contributed by atoms with Crippen molar-refractivity contribution in [2.24, 2.45) is 0 Å². The Balaban J connectivity index is 1.90. The van der Waals surface area contributed by atoms with E-state index in [-0.39, 0.29) is 5.91 Å². The van der Waals surface area contributed by atoms with Gasteiger partial charge in [0.25, 0.3) is 5.91 Å². The van der Waals surface area contributed by atoms with Crippen LogP contribution >= 0.6 is 11.6 Å². The van der Waals surface area contributed by atoms with Crippen LogP contribution in [0, 0.1) is 0 Å². The van der Waals surface area contributed by atoms with E-state index in [0.717, 1.165) is 24.0 Å². The van der Waals surface area contributed by atoms with Crippen molar-refractivity contribution in [2.45, 2.75) is 44.7 Å². The highest BCUT2D eigenvalue weighted by Gasteiger charge is 2.35. The molecule has 1 aromatic carbocycles. The van der Waals surface area contributed by atoms with Crippen LogP contribution in [0.5, 0.6) is 5.75 Å².